The number of carbonyl (C=O) groups is 1. The lowest BCUT2D eigenvalue weighted by atomic mass is 10.2. The fraction of sp³-hybridized carbons (Fsp3) is 0.300. The summed E-state index contributed by atoms with van der Waals surface area (Å²) in [7, 11) is 0. The van der Waals surface area contributed by atoms with E-state index in [1.54, 1.807) is 18.2 Å². The van der Waals surface area contributed by atoms with Crippen LogP contribution in [0.1, 0.15) is 17.3 Å². The van der Waals surface area contributed by atoms with Gasteiger partial charge in [0.15, 0.2) is 6.10 Å². The highest BCUT2D eigenvalue weighted by molar-refractivity contribution is 5.89. The molecule has 0 spiro atoms. The average molecular weight is 212 g/mol. The number of hydrogen-bond acceptors (Lipinski definition) is 5. The second-order valence-corrected chi connectivity index (χ2v) is 3.10. The first-order valence-electron chi connectivity index (χ1n) is 4.34. The Hall–Kier alpha value is -1.43. The van der Waals surface area contributed by atoms with Gasteiger partial charge >= 0.3 is 11.9 Å². The van der Waals surface area contributed by atoms with Gasteiger partial charge < -0.3 is 20.1 Å². The third-order valence-electron chi connectivity index (χ3n) is 1.84. The summed E-state index contributed by atoms with van der Waals surface area (Å²) in [6, 6.07) is 8.05. The van der Waals surface area contributed by atoms with E-state index < -0.39 is 18.0 Å². The molecule has 0 aromatic heterocycles. The van der Waals surface area contributed by atoms with Crippen LogP contribution in [-0.2, 0) is 4.74 Å². The molecule has 0 amide bonds. The Morgan fingerprint density at radius 1 is 1.27 bits per heavy atom. The summed E-state index contributed by atoms with van der Waals surface area (Å²) in [5.74, 6) is -3.76. The summed E-state index contributed by atoms with van der Waals surface area (Å²) in [6.07, 6.45) is -1.43. The lowest BCUT2D eigenvalue weighted by Crippen LogP contribution is -2.42. The summed E-state index contributed by atoms with van der Waals surface area (Å²) in [5, 5.41) is 26.1. The van der Waals surface area contributed by atoms with Gasteiger partial charge in [0.05, 0.1) is 5.56 Å². The lowest BCUT2D eigenvalue weighted by molar-refractivity contribution is -0.349. The van der Waals surface area contributed by atoms with Gasteiger partial charge in [0.2, 0.25) is 0 Å². The molecule has 0 heterocycles. The first kappa shape index (κ1) is 11.6. The molecule has 5 nitrogen and oxygen atoms in total. The van der Waals surface area contributed by atoms with E-state index in [1.807, 2.05) is 0 Å². The smallest absolute Gasteiger partial charge is 0.338 e. The highest BCUT2D eigenvalue weighted by atomic mass is 16.7. The van der Waals surface area contributed by atoms with E-state index in [-0.39, 0.29) is 5.56 Å². The van der Waals surface area contributed by atoms with Gasteiger partial charge in [-0.15, -0.1) is 0 Å². The molecule has 1 unspecified atom stereocenters. The van der Waals surface area contributed by atoms with Gasteiger partial charge in [0.1, 0.15) is 0 Å². The van der Waals surface area contributed by atoms with Crippen LogP contribution in [-0.4, -0.2) is 33.4 Å². The molecule has 15 heavy (non-hydrogen) atoms. The lowest BCUT2D eigenvalue weighted by Gasteiger charge is -2.21. The summed E-state index contributed by atoms with van der Waals surface area (Å²) in [5.41, 5.74) is 0.272. The molecule has 0 saturated heterocycles. The van der Waals surface area contributed by atoms with Crippen LogP contribution in [0, 0.1) is 0 Å². The first-order valence-corrected chi connectivity index (χ1v) is 4.34. The number of rotatable bonds is 3. The van der Waals surface area contributed by atoms with Crippen molar-refractivity contribution in [2.24, 2.45) is 0 Å². The zero-order valence-corrected chi connectivity index (χ0v) is 8.12. The van der Waals surface area contributed by atoms with Crippen molar-refractivity contribution in [1.82, 2.24) is 0 Å². The van der Waals surface area contributed by atoms with Crippen LogP contribution in [0.25, 0.3) is 0 Å². The minimum Gasteiger partial charge on any atom is -0.450 e. The van der Waals surface area contributed by atoms with Crippen molar-refractivity contribution in [2.45, 2.75) is 19.0 Å². The molecule has 5 heteroatoms. The van der Waals surface area contributed by atoms with Crippen molar-refractivity contribution in [3.8, 4) is 0 Å². The number of hydrogen-bond donors (Lipinski definition) is 3. The number of carbonyl (C=O) groups excluding carboxylic acids is 1. The Kier molecular flexibility index (Phi) is 3.41. The fourth-order valence-corrected chi connectivity index (χ4v) is 0.882. The predicted molar refractivity (Wildman–Crippen MR) is 50.7 cm³/mol. The summed E-state index contributed by atoms with van der Waals surface area (Å²) >= 11 is 0. The molecule has 1 rings (SSSR count). The van der Waals surface area contributed by atoms with Gasteiger partial charge in [0, 0.05) is 0 Å². The van der Waals surface area contributed by atoms with Crippen molar-refractivity contribution in [3.05, 3.63) is 35.9 Å². The van der Waals surface area contributed by atoms with Crippen LogP contribution in [0.2, 0.25) is 0 Å². The van der Waals surface area contributed by atoms with Crippen LogP contribution < -0.4 is 0 Å². The van der Waals surface area contributed by atoms with E-state index in [0.29, 0.717) is 0 Å². The van der Waals surface area contributed by atoms with E-state index in [1.165, 1.54) is 19.1 Å². The molecule has 1 atom stereocenters. The summed E-state index contributed by atoms with van der Waals surface area (Å²) in [6.45, 7) is 1.17. The maximum atomic E-state index is 11.3. The van der Waals surface area contributed by atoms with Crippen LogP contribution in [0.3, 0.4) is 0 Å². The molecular formula is C10H12O5. The molecule has 3 N–H and O–H groups in total. The van der Waals surface area contributed by atoms with Gasteiger partial charge in [0.25, 0.3) is 0 Å². The molecule has 0 bridgehead atoms. The number of benzene rings is 1. The molecule has 82 valence electrons. The zero-order chi connectivity index (χ0) is 11.5. The minimum absolute atomic E-state index is 0.272. The molecular weight excluding hydrogens is 200 g/mol. The van der Waals surface area contributed by atoms with Gasteiger partial charge in [-0.2, -0.15) is 0 Å². The van der Waals surface area contributed by atoms with E-state index in [2.05, 4.69) is 4.74 Å². The number of ether oxygens (including phenoxy) is 1. The Bertz CT molecular complexity index is 327. The van der Waals surface area contributed by atoms with E-state index in [9.17, 15) is 4.79 Å². The third kappa shape index (κ3) is 3.32. The van der Waals surface area contributed by atoms with Gasteiger partial charge in [-0.1, -0.05) is 18.2 Å². The van der Waals surface area contributed by atoms with E-state index >= 15 is 0 Å². The highest BCUT2D eigenvalue weighted by Crippen LogP contribution is 2.09. The van der Waals surface area contributed by atoms with Crippen LogP contribution in [0.5, 0.6) is 0 Å². The van der Waals surface area contributed by atoms with Crippen molar-refractivity contribution in [3.63, 3.8) is 0 Å². The monoisotopic (exact) mass is 212 g/mol. The molecule has 0 radical (unpaired) electrons. The highest BCUT2D eigenvalue weighted by Gasteiger charge is 2.31. The zero-order valence-electron chi connectivity index (χ0n) is 8.12. The van der Waals surface area contributed by atoms with E-state index in [0.717, 1.165) is 0 Å². The SMILES string of the molecule is CC(OC(=O)c1ccccc1)C(O)(O)O. The Labute approximate surface area is 86.5 Å². The molecule has 0 saturated carbocycles. The normalized spacial score (nSPS) is 13.3. The maximum Gasteiger partial charge on any atom is 0.338 e. The third-order valence-corrected chi connectivity index (χ3v) is 1.84. The van der Waals surface area contributed by atoms with E-state index in [4.69, 9.17) is 15.3 Å². The van der Waals surface area contributed by atoms with Crippen molar-refractivity contribution in [1.29, 1.82) is 0 Å². The van der Waals surface area contributed by atoms with Crippen molar-refractivity contribution >= 4 is 5.97 Å². The summed E-state index contributed by atoms with van der Waals surface area (Å²) < 4.78 is 4.61. The minimum atomic E-state index is -3.02. The second-order valence-electron chi connectivity index (χ2n) is 3.10. The van der Waals surface area contributed by atoms with Crippen LogP contribution in [0.15, 0.2) is 30.3 Å². The maximum absolute atomic E-state index is 11.3. The fourth-order valence-electron chi connectivity index (χ4n) is 0.882. The van der Waals surface area contributed by atoms with Gasteiger partial charge in [-0.3, -0.25) is 0 Å². The predicted octanol–water partition coefficient (Wildman–Crippen LogP) is -0.137. The molecule has 1 aromatic carbocycles. The van der Waals surface area contributed by atoms with Crippen molar-refractivity contribution < 1.29 is 24.9 Å². The van der Waals surface area contributed by atoms with Crippen LogP contribution in [0.4, 0.5) is 0 Å². The van der Waals surface area contributed by atoms with Crippen LogP contribution >= 0.6 is 0 Å². The first-order chi connectivity index (χ1) is 6.91. The number of aliphatic hydroxyl groups is 3. The standard InChI is InChI=1S/C10H12O5/c1-7(10(12,13)14)15-9(11)8-5-3-2-4-6-8/h2-7,12-14H,1H3. The average Bonchev–Trinajstić information content (AvgIpc) is 2.17. The quantitative estimate of drug-likeness (QED) is 0.479. The Balaban J connectivity index is 2.65. The molecule has 0 aliphatic heterocycles. The summed E-state index contributed by atoms with van der Waals surface area (Å²) in [4.78, 5) is 11.3. The van der Waals surface area contributed by atoms with Crippen molar-refractivity contribution in [2.75, 3.05) is 0 Å². The Morgan fingerprint density at radius 2 is 1.80 bits per heavy atom. The molecule has 1 aromatic rings. The number of esters is 1. The topological polar surface area (TPSA) is 87.0 Å². The van der Waals surface area contributed by atoms with Gasteiger partial charge in [-0.25, -0.2) is 4.79 Å². The molecule has 0 aliphatic rings. The largest absolute Gasteiger partial charge is 0.450 e. The van der Waals surface area contributed by atoms with Gasteiger partial charge in [-0.05, 0) is 19.1 Å². The molecule has 0 aliphatic carbocycles. The molecule has 0 fully saturated rings. The second kappa shape index (κ2) is 4.39. The Morgan fingerprint density at radius 3 is 2.27 bits per heavy atom.